The van der Waals surface area contributed by atoms with Crippen molar-refractivity contribution in [2.24, 2.45) is 0 Å². The van der Waals surface area contributed by atoms with Crippen LogP contribution in [0.2, 0.25) is 0 Å². The van der Waals surface area contributed by atoms with Crippen LogP contribution >= 0.6 is 11.3 Å². The first kappa shape index (κ1) is 23.8. The van der Waals surface area contributed by atoms with Gasteiger partial charge in [-0.2, -0.15) is 5.26 Å². The minimum absolute atomic E-state index is 0.107. The minimum Gasteiger partial charge on any atom is -0.477 e. The van der Waals surface area contributed by atoms with Gasteiger partial charge in [0.1, 0.15) is 15.3 Å². The zero-order valence-corrected chi connectivity index (χ0v) is 19.2. The van der Waals surface area contributed by atoms with Crippen LogP contribution in [0.15, 0.2) is 29.2 Å². The number of fused-ring (bicyclic) bond motifs is 1. The molecule has 0 fully saturated rings. The third-order valence-corrected chi connectivity index (χ3v) is 6.03. The standard InChI is InChI=1S/C22H24N6O4S/c1-4-28-20(30)18(33-21(28)15(10-23)22(31)32)12-25-13-5-6-14-16(11-26-17(14)9-13)19(29)24-7-8-27(2)3/h5-6,9,11-12,25-26H,4,7-8H2,1-3H3,(H,24,29)(H,31,32)/b18-12+,21-15-. The van der Waals surface area contributed by atoms with Crippen LogP contribution in [0.3, 0.4) is 0 Å². The number of carbonyl (C=O) groups excluding carboxylic acids is 1. The van der Waals surface area contributed by atoms with E-state index in [1.165, 1.54) is 10.8 Å². The Kier molecular flexibility index (Phi) is 7.32. The predicted octanol–water partition coefficient (Wildman–Crippen LogP) is 0.311. The fourth-order valence-electron chi connectivity index (χ4n) is 3.22. The van der Waals surface area contributed by atoms with Crippen LogP contribution in [-0.4, -0.2) is 58.6 Å². The van der Waals surface area contributed by atoms with Crippen LogP contribution in [0.4, 0.5) is 5.69 Å². The zero-order chi connectivity index (χ0) is 24.1. The second-order valence-electron chi connectivity index (χ2n) is 7.42. The summed E-state index contributed by atoms with van der Waals surface area (Å²) in [5.41, 5.74) is 1.11. The van der Waals surface area contributed by atoms with Crippen molar-refractivity contribution in [2.45, 2.75) is 13.5 Å². The lowest BCUT2D eigenvalue weighted by molar-refractivity contribution is -0.130. The molecule has 0 saturated carbocycles. The number of aliphatic carboxylic acids is 1. The van der Waals surface area contributed by atoms with Crippen molar-refractivity contribution in [3.8, 4) is 6.07 Å². The van der Waals surface area contributed by atoms with Gasteiger partial charge in [0.05, 0.1) is 5.56 Å². The maximum atomic E-state index is 12.6. The number of nitrogens with one attached hydrogen (secondary N) is 3. The summed E-state index contributed by atoms with van der Waals surface area (Å²) in [5.74, 6) is -1.54. The summed E-state index contributed by atoms with van der Waals surface area (Å²) in [6.45, 7) is 3.23. The molecule has 0 aliphatic rings. The van der Waals surface area contributed by atoms with E-state index < -0.39 is 11.5 Å². The first-order valence-corrected chi connectivity index (χ1v) is 11.0. The second kappa shape index (κ2) is 10.2. The Bertz CT molecular complexity index is 1420. The average Bonchev–Trinajstić information content (AvgIpc) is 3.32. The maximum Gasteiger partial charge on any atom is 0.349 e. The lowest BCUT2D eigenvalue weighted by Gasteiger charge is -2.10. The number of aromatic amines is 1. The van der Waals surface area contributed by atoms with E-state index in [1.54, 1.807) is 37.4 Å². The molecule has 172 valence electrons. The molecule has 0 aliphatic heterocycles. The van der Waals surface area contributed by atoms with E-state index in [9.17, 15) is 19.5 Å². The Morgan fingerprint density at radius 1 is 1.36 bits per heavy atom. The first-order chi connectivity index (χ1) is 15.8. The molecule has 2 aromatic heterocycles. The monoisotopic (exact) mass is 468 g/mol. The summed E-state index contributed by atoms with van der Waals surface area (Å²) in [6, 6.07) is 7.04. The van der Waals surface area contributed by atoms with Gasteiger partial charge >= 0.3 is 5.97 Å². The highest BCUT2D eigenvalue weighted by molar-refractivity contribution is 7.07. The SMILES string of the molecule is CCn1c(=O)/c(=C\Nc2ccc3c(C(=O)NCCN(C)C)c[nH]c3c2)s/c1=C(/C#N)C(=O)O. The number of carboxylic acid groups (broad SMARTS) is 1. The number of carboxylic acids is 1. The number of nitriles is 1. The van der Waals surface area contributed by atoms with Crippen LogP contribution in [-0.2, 0) is 11.3 Å². The van der Waals surface area contributed by atoms with E-state index in [2.05, 4.69) is 15.6 Å². The summed E-state index contributed by atoms with van der Waals surface area (Å²) in [6.07, 6.45) is 3.14. The molecule has 33 heavy (non-hydrogen) atoms. The number of aromatic nitrogens is 2. The number of thiazole rings is 1. The van der Waals surface area contributed by atoms with Gasteiger partial charge in [0, 0.05) is 48.6 Å². The van der Waals surface area contributed by atoms with Gasteiger partial charge in [-0.25, -0.2) is 4.79 Å². The van der Waals surface area contributed by atoms with Gasteiger partial charge in [-0.15, -0.1) is 11.3 Å². The fraction of sp³-hybridized carbons (Fsp3) is 0.273. The Hall–Kier alpha value is -3.88. The third kappa shape index (κ3) is 5.14. The molecule has 0 aliphatic carbocycles. The fourth-order valence-corrected chi connectivity index (χ4v) is 4.30. The molecular formula is C22H24N6O4S. The van der Waals surface area contributed by atoms with E-state index in [1.807, 2.05) is 19.0 Å². The van der Waals surface area contributed by atoms with Crippen molar-refractivity contribution in [3.05, 3.63) is 49.5 Å². The van der Waals surface area contributed by atoms with Crippen LogP contribution in [0.25, 0.3) is 22.7 Å². The molecule has 2 heterocycles. The number of hydrogen-bond acceptors (Lipinski definition) is 7. The van der Waals surface area contributed by atoms with Crippen molar-refractivity contribution in [1.82, 2.24) is 19.8 Å². The Morgan fingerprint density at radius 3 is 2.76 bits per heavy atom. The number of rotatable bonds is 8. The highest BCUT2D eigenvalue weighted by Gasteiger charge is 2.14. The van der Waals surface area contributed by atoms with Crippen LogP contribution in [0, 0.1) is 11.3 Å². The highest BCUT2D eigenvalue weighted by atomic mass is 32.1. The van der Waals surface area contributed by atoms with E-state index in [0.29, 0.717) is 17.8 Å². The number of H-pyrrole nitrogens is 1. The van der Waals surface area contributed by atoms with Gasteiger partial charge in [-0.05, 0) is 39.2 Å². The largest absolute Gasteiger partial charge is 0.477 e. The minimum atomic E-state index is -1.38. The summed E-state index contributed by atoms with van der Waals surface area (Å²) in [4.78, 5) is 41.5. The molecule has 10 nitrogen and oxygen atoms in total. The second-order valence-corrected chi connectivity index (χ2v) is 8.45. The normalized spacial score (nSPS) is 12.6. The van der Waals surface area contributed by atoms with E-state index in [4.69, 9.17) is 5.26 Å². The summed E-state index contributed by atoms with van der Waals surface area (Å²) >= 11 is 0.940. The van der Waals surface area contributed by atoms with Gasteiger partial charge in [0.15, 0.2) is 5.57 Å². The van der Waals surface area contributed by atoms with Gasteiger partial charge in [0.25, 0.3) is 11.5 Å². The summed E-state index contributed by atoms with van der Waals surface area (Å²) < 4.78 is 1.64. The van der Waals surface area contributed by atoms with Crippen molar-refractivity contribution < 1.29 is 14.7 Å². The molecule has 0 atom stereocenters. The van der Waals surface area contributed by atoms with E-state index in [0.717, 1.165) is 28.8 Å². The number of anilines is 1. The lowest BCUT2D eigenvalue weighted by Crippen LogP contribution is -2.32. The maximum absolute atomic E-state index is 12.6. The number of amides is 1. The third-order valence-electron chi connectivity index (χ3n) is 4.90. The van der Waals surface area contributed by atoms with Gasteiger partial charge in [0.2, 0.25) is 0 Å². The summed E-state index contributed by atoms with van der Waals surface area (Å²) in [5, 5.41) is 25.1. The predicted molar refractivity (Wildman–Crippen MR) is 127 cm³/mol. The van der Waals surface area contributed by atoms with Crippen molar-refractivity contribution in [1.29, 1.82) is 5.26 Å². The van der Waals surface area contributed by atoms with E-state index in [-0.39, 0.29) is 27.2 Å². The number of nitrogens with zero attached hydrogens (tertiary/aromatic N) is 3. The molecule has 0 spiro atoms. The molecular weight excluding hydrogens is 444 g/mol. The number of hydrogen-bond donors (Lipinski definition) is 4. The van der Waals surface area contributed by atoms with Crippen LogP contribution in [0.1, 0.15) is 17.3 Å². The number of likely N-dealkylation sites (N-methyl/N-ethyl adjacent to an activating group) is 1. The molecule has 4 N–H and O–H groups in total. The lowest BCUT2D eigenvalue weighted by atomic mass is 10.1. The average molecular weight is 469 g/mol. The smallest absolute Gasteiger partial charge is 0.349 e. The van der Waals surface area contributed by atoms with Crippen molar-refractivity contribution >= 4 is 51.6 Å². The summed E-state index contributed by atoms with van der Waals surface area (Å²) in [7, 11) is 3.87. The molecule has 0 radical (unpaired) electrons. The first-order valence-electron chi connectivity index (χ1n) is 10.1. The topological polar surface area (TPSA) is 143 Å². The molecule has 1 amide bonds. The molecule has 11 heteroatoms. The molecule has 1 aromatic carbocycles. The van der Waals surface area contributed by atoms with Gasteiger partial charge in [-0.3, -0.25) is 14.2 Å². The molecule has 0 saturated heterocycles. The number of benzene rings is 1. The molecule has 3 aromatic rings. The van der Waals surface area contributed by atoms with Gasteiger partial charge < -0.3 is 25.6 Å². The van der Waals surface area contributed by atoms with Crippen molar-refractivity contribution in [2.75, 3.05) is 32.5 Å². The van der Waals surface area contributed by atoms with Crippen LogP contribution in [0.5, 0.6) is 0 Å². The molecule has 0 unspecified atom stereocenters. The molecule has 3 rings (SSSR count). The Labute approximate surface area is 193 Å². The quantitative estimate of drug-likeness (QED) is 0.373. The van der Waals surface area contributed by atoms with Crippen LogP contribution < -0.4 is 25.4 Å². The van der Waals surface area contributed by atoms with Gasteiger partial charge in [-0.1, -0.05) is 0 Å². The highest BCUT2D eigenvalue weighted by Crippen LogP contribution is 2.22. The Morgan fingerprint density at radius 2 is 2.12 bits per heavy atom. The number of carbonyl (C=O) groups is 2. The van der Waals surface area contributed by atoms with Crippen molar-refractivity contribution in [3.63, 3.8) is 0 Å². The van der Waals surface area contributed by atoms with E-state index >= 15 is 0 Å². The Balaban J connectivity index is 1.89. The zero-order valence-electron chi connectivity index (χ0n) is 18.4. The molecule has 0 bridgehead atoms.